The lowest BCUT2D eigenvalue weighted by Gasteiger charge is -2.08. The third-order valence-electron chi connectivity index (χ3n) is 3.81. The van der Waals surface area contributed by atoms with Crippen molar-refractivity contribution in [1.29, 1.82) is 0 Å². The van der Waals surface area contributed by atoms with Gasteiger partial charge in [0.1, 0.15) is 16.2 Å². The summed E-state index contributed by atoms with van der Waals surface area (Å²) in [5, 5.41) is 2.42. The highest BCUT2D eigenvalue weighted by Crippen LogP contribution is 2.25. The minimum Gasteiger partial charge on any atom is -0.423 e. The maximum Gasteiger partial charge on any atom is 0.339 e. The van der Waals surface area contributed by atoms with Crippen LogP contribution < -0.4 is 9.81 Å². The van der Waals surface area contributed by atoms with Gasteiger partial charge in [0.2, 0.25) is 0 Å². The Hall–Kier alpha value is -3.12. The molecule has 1 aromatic heterocycles. The molecule has 0 saturated heterocycles. The van der Waals surface area contributed by atoms with Crippen LogP contribution in [0, 0.1) is 0 Å². The Morgan fingerprint density at radius 3 is 2.32 bits per heavy atom. The van der Waals surface area contributed by atoms with Gasteiger partial charge in [-0.15, -0.1) is 0 Å². The van der Waals surface area contributed by atoms with Gasteiger partial charge >= 0.3 is 15.7 Å². The molecule has 3 aromatic carbocycles. The second-order valence-corrected chi connectivity index (χ2v) is 7.05. The van der Waals surface area contributed by atoms with Crippen LogP contribution in [0.2, 0.25) is 0 Å². The summed E-state index contributed by atoms with van der Waals surface area (Å²) >= 11 is 0. The first-order valence-corrected chi connectivity index (χ1v) is 8.89. The van der Waals surface area contributed by atoms with E-state index in [1.165, 1.54) is 24.3 Å². The molecule has 0 aliphatic carbocycles. The zero-order valence-corrected chi connectivity index (χ0v) is 13.7. The maximum absolute atomic E-state index is 12.5. The van der Waals surface area contributed by atoms with Gasteiger partial charge in [-0.2, -0.15) is 8.42 Å². The summed E-state index contributed by atoms with van der Waals surface area (Å²) in [7, 11) is -4.00. The summed E-state index contributed by atoms with van der Waals surface area (Å²) in [5.74, 6) is 0.0787. The van der Waals surface area contributed by atoms with E-state index in [4.69, 9.17) is 8.60 Å². The molecule has 0 saturated carbocycles. The molecule has 124 valence electrons. The predicted octanol–water partition coefficient (Wildman–Crippen LogP) is 3.71. The summed E-state index contributed by atoms with van der Waals surface area (Å²) in [6.07, 6.45) is 0. The molecule has 0 spiro atoms. The molecule has 0 fully saturated rings. The van der Waals surface area contributed by atoms with Gasteiger partial charge in [0.05, 0.1) is 0 Å². The maximum atomic E-state index is 12.5. The first-order valence-electron chi connectivity index (χ1n) is 7.48. The van der Waals surface area contributed by atoms with Crippen molar-refractivity contribution in [3.63, 3.8) is 0 Å². The van der Waals surface area contributed by atoms with Crippen molar-refractivity contribution in [3.05, 3.63) is 83.2 Å². The fraction of sp³-hybridized carbons (Fsp3) is 0. The van der Waals surface area contributed by atoms with Gasteiger partial charge in [0.15, 0.2) is 0 Å². The van der Waals surface area contributed by atoms with Crippen LogP contribution in [0.4, 0.5) is 0 Å². The van der Waals surface area contributed by atoms with Gasteiger partial charge in [-0.05, 0) is 41.1 Å². The molecule has 25 heavy (non-hydrogen) atoms. The lowest BCUT2D eigenvalue weighted by Crippen LogP contribution is -2.09. The van der Waals surface area contributed by atoms with Crippen LogP contribution in [0.5, 0.6) is 5.75 Å². The molecule has 0 N–H and O–H groups in total. The van der Waals surface area contributed by atoms with Crippen LogP contribution in [0.3, 0.4) is 0 Å². The van der Waals surface area contributed by atoms with Crippen LogP contribution in [0.1, 0.15) is 0 Å². The highest BCUT2D eigenvalue weighted by Gasteiger charge is 2.17. The average molecular weight is 352 g/mol. The Balaban J connectivity index is 1.73. The van der Waals surface area contributed by atoms with E-state index in [1.54, 1.807) is 24.3 Å². The van der Waals surface area contributed by atoms with Crippen LogP contribution in [0.15, 0.2) is 86.9 Å². The molecule has 0 unspecified atom stereocenters. The number of hydrogen-bond acceptors (Lipinski definition) is 5. The van der Waals surface area contributed by atoms with E-state index in [0.717, 1.165) is 10.8 Å². The third kappa shape index (κ3) is 2.99. The Morgan fingerprint density at radius 1 is 0.760 bits per heavy atom. The first-order chi connectivity index (χ1) is 12.0. The van der Waals surface area contributed by atoms with Gasteiger partial charge < -0.3 is 8.60 Å². The second-order valence-electron chi connectivity index (χ2n) is 5.50. The Labute approximate surface area is 143 Å². The number of rotatable bonds is 3. The Bertz CT molecular complexity index is 1260. The molecular weight excluding hydrogens is 340 g/mol. The minimum atomic E-state index is -4.00. The zero-order valence-electron chi connectivity index (χ0n) is 12.9. The smallest absolute Gasteiger partial charge is 0.339 e. The van der Waals surface area contributed by atoms with Crippen molar-refractivity contribution in [2.75, 3.05) is 0 Å². The quantitative estimate of drug-likeness (QED) is 0.415. The fourth-order valence-corrected chi connectivity index (χ4v) is 3.55. The molecule has 0 aliphatic rings. The molecule has 0 bridgehead atoms. The monoisotopic (exact) mass is 352 g/mol. The van der Waals surface area contributed by atoms with E-state index in [0.29, 0.717) is 5.39 Å². The summed E-state index contributed by atoms with van der Waals surface area (Å²) in [5.41, 5.74) is -0.249. The lowest BCUT2D eigenvalue weighted by atomic mass is 10.1. The minimum absolute atomic E-state index is 0.0563. The molecule has 6 heteroatoms. The van der Waals surface area contributed by atoms with Crippen LogP contribution in [-0.4, -0.2) is 8.42 Å². The van der Waals surface area contributed by atoms with Gasteiger partial charge in [0.25, 0.3) is 0 Å². The second kappa shape index (κ2) is 5.75. The molecule has 0 amide bonds. The Morgan fingerprint density at radius 2 is 1.48 bits per heavy atom. The molecular formula is C19H12O5S. The SMILES string of the molecule is O=c1ccc2ccc(OS(=O)(=O)c3ccc4ccccc4c3)cc2o1. The number of fused-ring (bicyclic) bond motifs is 2. The van der Waals surface area contributed by atoms with Gasteiger partial charge in [0, 0.05) is 17.5 Å². The van der Waals surface area contributed by atoms with Crippen molar-refractivity contribution in [2.45, 2.75) is 4.90 Å². The van der Waals surface area contributed by atoms with E-state index >= 15 is 0 Å². The van der Waals surface area contributed by atoms with Gasteiger partial charge in [-0.1, -0.05) is 30.3 Å². The van der Waals surface area contributed by atoms with E-state index in [-0.39, 0.29) is 16.2 Å². The number of benzene rings is 3. The molecule has 0 radical (unpaired) electrons. The predicted molar refractivity (Wildman–Crippen MR) is 94.2 cm³/mol. The van der Waals surface area contributed by atoms with Crippen molar-refractivity contribution in [3.8, 4) is 5.75 Å². The van der Waals surface area contributed by atoms with Crippen LogP contribution >= 0.6 is 0 Å². The Kier molecular flexibility index (Phi) is 3.54. The summed E-state index contributed by atoms with van der Waals surface area (Å²) in [6, 6.07) is 19.7. The van der Waals surface area contributed by atoms with E-state index in [9.17, 15) is 13.2 Å². The molecule has 0 aliphatic heterocycles. The first kappa shape index (κ1) is 15.4. The topological polar surface area (TPSA) is 73.6 Å². The molecule has 4 aromatic rings. The largest absolute Gasteiger partial charge is 0.423 e. The van der Waals surface area contributed by atoms with E-state index < -0.39 is 15.7 Å². The lowest BCUT2D eigenvalue weighted by molar-refractivity contribution is 0.485. The summed E-state index contributed by atoms with van der Waals surface area (Å²) in [4.78, 5) is 11.4. The van der Waals surface area contributed by atoms with Gasteiger partial charge in [-0.3, -0.25) is 0 Å². The van der Waals surface area contributed by atoms with E-state index in [1.807, 2.05) is 24.3 Å². The van der Waals surface area contributed by atoms with Gasteiger partial charge in [-0.25, -0.2) is 4.79 Å². The number of hydrogen-bond donors (Lipinski definition) is 0. The van der Waals surface area contributed by atoms with Crippen LogP contribution in [-0.2, 0) is 10.1 Å². The van der Waals surface area contributed by atoms with Crippen molar-refractivity contribution >= 4 is 31.9 Å². The zero-order chi connectivity index (χ0) is 17.4. The van der Waals surface area contributed by atoms with Crippen molar-refractivity contribution < 1.29 is 17.0 Å². The standard InChI is InChI=1S/C19H12O5S/c20-19-10-7-14-5-8-16(12-18(14)23-19)24-25(21,22)17-9-6-13-3-1-2-4-15(13)11-17/h1-12H. The molecule has 0 atom stereocenters. The normalized spacial score (nSPS) is 11.7. The molecule has 1 heterocycles. The van der Waals surface area contributed by atoms with Crippen molar-refractivity contribution in [1.82, 2.24) is 0 Å². The third-order valence-corrected chi connectivity index (χ3v) is 5.05. The average Bonchev–Trinajstić information content (AvgIpc) is 2.60. The van der Waals surface area contributed by atoms with Crippen molar-refractivity contribution in [2.24, 2.45) is 0 Å². The highest BCUT2D eigenvalue weighted by atomic mass is 32.2. The highest BCUT2D eigenvalue weighted by molar-refractivity contribution is 7.87. The fourth-order valence-electron chi connectivity index (χ4n) is 2.59. The molecule has 4 rings (SSSR count). The van der Waals surface area contributed by atoms with E-state index in [2.05, 4.69) is 0 Å². The van der Waals surface area contributed by atoms with Crippen LogP contribution in [0.25, 0.3) is 21.7 Å². The summed E-state index contributed by atoms with van der Waals surface area (Å²) < 4.78 is 35.3. The molecule has 5 nitrogen and oxygen atoms in total. The summed E-state index contributed by atoms with van der Waals surface area (Å²) in [6.45, 7) is 0.